The average Bonchev–Trinajstić information content (AvgIpc) is 2.51. The third-order valence-electron chi connectivity index (χ3n) is 1.36. The molecule has 1 heterocycles. The highest BCUT2D eigenvalue weighted by Gasteiger charge is 2.03. The van der Waals surface area contributed by atoms with Gasteiger partial charge in [0.25, 0.3) is 0 Å². The van der Waals surface area contributed by atoms with E-state index in [0.29, 0.717) is 5.69 Å². The lowest BCUT2D eigenvalue weighted by Crippen LogP contribution is -2.18. The van der Waals surface area contributed by atoms with Crippen molar-refractivity contribution in [2.75, 3.05) is 10.6 Å². The number of carbonyl (C=O) groups is 2. The molecule has 0 radical (unpaired) electrons. The fraction of sp³-hybridized carbons (Fsp3) is 0.286. The van der Waals surface area contributed by atoms with Gasteiger partial charge in [-0.25, -0.2) is 0 Å². The first-order valence-electron chi connectivity index (χ1n) is 3.78. The molecule has 0 aliphatic carbocycles. The highest BCUT2D eigenvalue weighted by molar-refractivity contribution is 9.09. The van der Waals surface area contributed by atoms with Crippen molar-refractivity contribution in [3.05, 3.63) is 12.4 Å². The minimum atomic E-state index is -0.480. The van der Waals surface area contributed by atoms with E-state index in [1.54, 1.807) is 0 Å². The normalized spacial score (nSPS) is 9.79. The summed E-state index contributed by atoms with van der Waals surface area (Å²) in [6.45, 7) is 0.00415. The minimum Gasteiger partial charge on any atom is -0.368 e. The van der Waals surface area contributed by atoms with Crippen LogP contribution in [0, 0.1) is 0 Å². The Bertz CT molecular complexity index is 349. The highest BCUT2D eigenvalue weighted by Crippen LogP contribution is 2.04. The third-order valence-corrected chi connectivity index (χ3v) is 1.87. The van der Waals surface area contributed by atoms with Gasteiger partial charge in [-0.05, 0) is 0 Å². The number of nitrogens with zero attached hydrogens (tertiary/aromatic N) is 2. The van der Waals surface area contributed by atoms with Gasteiger partial charge in [0.15, 0.2) is 0 Å². The molecule has 7 heteroatoms. The molecule has 0 spiro atoms. The molecule has 2 amide bonds. The summed E-state index contributed by atoms with van der Waals surface area (Å²) in [4.78, 5) is 21.4. The predicted molar refractivity (Wildman–Crippen MR) is 53.8 cm³/mol. The van der Waals surface area contributed by atoms with Gasteiger partial charge in [0.1, 0.15) is 6.54 Å². The molecular weight excluding hydrogens is 252 g/mol. The van der Waals surface area contributed by atoms with Crippen molar-refractivity contribution >= 4 is 33.4 Å². The third kappa shape index (κ3) is 3.17. The lowest BCUT2D eigenvalue weighted by molar-refractivity contribution is -0.118. The summed E-state index contributed by atoms with van der Waals surface area (Å²) >= 11 is 3.01. The zero-order valence-corrected chi connectivity index (χ0v) is 8.82. The summed E-state index contributed by atoms with van der Waals surface area (Å²) in [5.74, 6) is -0.657. The monoisotopic (exact) mass is 260 g/mol. The summed E-state index contributed by atoms with van der Waals surface area (Å²) in [5.41, 5.74) is 5.50. The molecule has 0 fully saturated rings. The molecule has 3 N–H and O–H groups in total. The molecule has 6 nitrogen and oxygen atoms in total. The number of hydrogen-bond acceptors (Lipinski definition) is 3. The second-order valence-corrected chi connectivity index (χ2v) is 3.14. The SMILES string of the molecule is NC(=O)Cn1cc(NC(=O)CBr)cn1. The van der Waals surface area contributed by atoms with Gasteiger partial charge in [-0.15, -0.1) is 0 Å². The van der Waals surface area contributed by atoms with Crippen LogP contribution < -0.4 is 11.1 Å². The van der Waals surface area contributed by atoms with Crippen LogP contribution in [0.2, 0.25) is 0 Å². The van der Waals surface area contributed by atoms with Gasteiger partial charge < -0.3 is 11.1 Å². The number of hydrogen-bond donors (Lipinski definition) is 2. The van der Waals surface area contributed by atoms with Gasteiger partial charge >= 0.3 is 0 Å². The molecule has 14 heavy (non-hydrogen) atoms. The van der Waals surface area contributed by atoms with Gasteiger partial charge in [0.05, 0.1) is 17.2 Å². The first-order chi connectivity index (χ1) is 6.61. The maximum Gasteiger partial charge on any atom is 0.239 e. The molecule has 1 aromatic rings. The van der Waals surface area contributed by atoms with Gasteiger partial charge in [0, 0.05) is 6.20 Å². The first kappa shape index (κ1) is 10.7. The largest absolute Gasteiger partial charge is 0.368 e. The van der Waals surface area contributed by atoms with E-state index in [2.05, 4.69) is 26.3 Å². The quantitative estimate of drug-likeness (QED) is 0.729. The number of anilines is 1. The maximum atomic E-state index is 10.9. The van der Waals surface area contributed by atoms with E-state index in [0.717, 1.165) is 0 Å². The van der Waals surface area contributed by atoms with Crippen molar-refractivity contribution in [2.24, 2.45) is 5.73 Å². The second-order valence-electron chi connectivity index (χ2n) is 2.57. The minimum absolute atomic E-state index is 0.00415. The molecule has 0 saturated heterocycles. The zero-order valence-electron chi connectivity index (χ0n) is 7.24. The molecular formula is C7H9BrN4O2. The number of alkyl halides is 1. The van der Waals surface area contributed by atoms with E-state index in [1.807, 2.05) is 0 Å². The molecule has 0 bridgehead atoms. The topological polar surface area (TPSA) is 90.0 Å². The van der Waals surface area contributed by atoms with E-state index in [-0.39, 0.29) is 17.8 Å². The van der Waals surface area contributed by atoms with Crippen molar-refractivity contribution in [1.82, 2.24) is 9.78 Å². The molecule has 0 saturated carbocycles. The Labute approximate surface area is 88.6 Å². The summed E-state index contributed by atoms with van der Waals surface area (Å²) in [5, 5.41) is 6.61. The van der Waals surface area contributed by atoms with Crippen LogP contribution in [0.3, 0.4) is 0 Å². The Morgan fingerprint density at radius 2 is 2.36 bits per heavy atom. The number of aromatic nitrogens is 2. The number of rotatable bonds is 4. The van der Waals surface area contributed by atoms with Crippen molar-refractivity contribution in [3.8, 4) is 0 Å². The summed E-state index contributed by atoms with van der Waals surface area (Å²) in [6, 6.07) is 0. The molecule has 0 atom stereocenters. The van der Waals surface area contributed by atoms with Crippen LogP contribution in [-0.4, -0.2) is 26.9 Å². The summed E-state index contributed by atoms with van der Waals surface area (Å²) < 4.78 is 1.35. The first-order valence-corrected chi connectivity index (χ1v) is 4.90. The van der Waals surface area contributed by atoms with Crippen molar-refractivity contribution in [1.29, 1.82) is 0 Å². The molecule has 0 aliphatic heterocycles. The van der Waals surface area contributed by atoms with Crippen molar-refractivity contribution in [2.45, 2.75) is 6.54 Å². The average molecular weight is 261 g/mol. The van der Waals surface area contributed by atoms with Crippen LogP contribution in [-0.2, 0) is 16.1 Å². The number of amides is 2. The highest BCUT2D eigenvalue weighted by atomic mass is 79.9. The van der Waals surface area contributed by atoms with E-state index < -0.39 is 5.91 Å². The number of nitrogens with two attached hydrogens (primary N) is 1. The van der Waals surface area contributed by atoms with E-state index in [4.69, 9.17) is 5.73 Å². The Hall–Kier alpha value is -1.37. The van der Waals surface area contributed by atoms with Gasteiger partial charge in [-0.3, -0.25) is 14.3 Å². The van der Waals surface area contributed by atoms with Crippen LogP contribution in [0.1, 0.15) is 0 Å². The molecule has 76 valence electrons. The predicted octanol–water partition coefficient (Wildman–Crippen LogP) is -0.298. The summed E-state index contributed by atoms with van der Waals surface area (Å²) in [6.07, 6.45) is 2.98. The Balaban J connectivity index is 2.59. The molecule has 0 unspecified atom stereocenters. The second kappa shape index (κ2) is 4.75. The van der Waals surface area contributed by atoms with Gasteiger partial charge in [-0.2, -0.15) is 5.10 Å². The van der Waals surface area contributed by atoms with Crippen LogP contribution >= 0.6 is 15.9 Å². The standard InChI is InChI=1S/C7H9BrN4O2/c8-1-7(14)11-5-2-10-12(3-5)4-6(9)13/h2-3H,1,4H2,(H2,9,13)(H,11,14). The van der Waals surface area contributed by atoms with Gasteiger partial charge in [0.2, 0.25) is 11.8 Å². The number of primary amides is 1. The van der Waals surface area contributed by atoms with Crippen LogP contribution in [0.5, 0.6) is 0 Å². The molecule has 0 aliphatic rings. The lowest BCUT2D eigenvalue weighted by atomic mass is 10.5. The number of nitrogens with one attached hydrogen (secondary N) is 1. The fourth-order valence-electron chi connectivity index (χ4n) is 0.869. The maximum absolute atomic E-state index is 10.9. The molecule has 0 aromatic carbocycles. The Morgan fingerprint density at radius 1 is 1.64 bits per heavy atom. The van der Waals surface area contributed by atoms with Crippen LogP contribution in [0.25, 0.3) is 0 Å². The van der Waals surface area contributed by atoms with E-state index in [9.17, 15) is 9.59 Å². The zero-order chi connectivity index (χ0) is 10.6. The molecule has 1 rings (SSSR count). The Morgan fingerprint density at radius 3 is 2.93 bits per heavy atom. The van der Waals surface area contributed by atoms with Crippen LogP contribution in [0.4, 0.5) is 5.69 Å². The van der Waals surface area contributed by atoms with E-state index in [1.165, 1.54) is 17.1 Å². The van der Waals surface area contributed by atoms with Gasteiger partial charge in [-0.1, -0.05) is 15.9 Å². The van der Waals surface area contributed by atoms with Crippen molar-refractivity contribution in [3.63, 3.8) is 0 Å². The Kier molecular flexibility index (Phi) is 3.63. The number of carbonyl (C=O) groups excluding carboxylic acids is 2. The fourth-order valence-corrected chi connectivity index (χ4v) is 1.01. The lowest BCUT2D eigenvalue weighted by Gasteiger charge is -1.97. The summed E-state index contributed by atoms with van der Waals surface area (Å²) in [7, 11) is 0. The van der Waals surface area contributed by atoms with Crippen molar-refractivity contribution < 1.29 is 9.59 Å². The van der Waals surface area contributed by atoms with Crippen LogP contribution in [0.15, 0.2) is 12.4 Å². The molecule has 1 aromatic heterocycles. The smallest absolute Gasteiger partial charge is 0.239 e. The van der Waals surface area contributed by atoms with E-state index >= 15 is 0 Å². The number of halogens is 1.